The highest BCUT2D eigenvalue weighted by Gasteiger charge is 2.38. The van der Waals surface area contributed by atoms with Crippen LogP contribution in [0.2, 0.25) is 0 Å². The molecule has 0 saturated carbocycles. The Labute approximate surface area is 243 Å². The molecule has 8 heteroatoms. The van der Waals surface area contributed by atoms with E-state index in [0.717, 1.165) is 57.1 Å². The number of rotatable bonds is 7. The maximum Gasteiger partial charge on any atom is 0.410 e. The SMILES string of the molecule is COC(C)(C)C(C)(C)O[B]c1ccc2cc(-c3ccc4nc([C@@H]5CCCN5C(=O)OC(C)(C)C)[nH]c4c3)ccc2c1. The number of nitrogens with one attached hydrogen (secondary N) is 1. The summed E-state index contributed by atoms with van der Waals surface area (Å²) in [5.41, 5.74) is 3.63. The Bertz CT molecular complexity index is 1570. The van der Waals surface area contributed by atoms with E-state index in [0.29, 0.717) is 6.54 Å². The van der Waals surface area contributed by atoms with Crippen LogP contribution in [0, 0.1) is 0 Å². The first-order valence-corrected chi connectivity index (χ1v) is 14.4. The van der Waals surface area contributed by atoms with E-state index in [1.54, 1.807) is 12.0 Å². The van der Waals surface area contributed by atoms with Crippen LogP contribution < -0.4 is 5.46 Å². The van der Waals surface area contributed by atoms with Crippen molar-refractivity contribution < 1.29 is 18.9 Å². The Morgan fingerprint density at radius 1 is 0.927 bits per heavy atom. The monoisotopic (exact) mass is 554 g/mol. The number of aromatic amines is 1. The highest BCUT2D eigenvalue weighted by atomic mass is 16.6. The van der Waals surface area contributed by atoms with Gasteiger partial charge >= 0.3 is 13.6 Å². The van der Waals surface area contributed by atoms with Gasteiger partial charge in [0.2, 0.25) is 0 Å². The van der Waals surface area contributed by atoms with Gasteiger partial charge in [-0.3, -0.25) is 4.90 Å². The molecule has 1 fully saturated rings. The van der Waals surface area contributed by atoms with Crippen LogP contribution in [0.3, 0.4) is 0 Å². The third-order valence-electron chi connectivity index (χ3n) is 8.34. The lowest BCUT2D eigenvalue weighted by Crippen LogP contribution is -2.50. The second kappa shape index (κ2) is 10.8. The maximum absolute atomic E-state index is 12.8. The Morgan fingerprint density at radius 3 is 2.34 bits per heavy atom. The molecule has 3 aromatic carbocycles. The van der Waals surface area contributed by atoms with Gasteiger partial charge < -0.3 is 19.1 Å². The number of hydrogen-bond acceptors (Lipinski definition) is 5. The van der Waals surface area contributed by atoms with E-state index in [4.69, 9.17) is 19.1 Å². The molecule has 41 heavy (non-hydrogen) atoms. The van der Waals surface area contributed by atoms with Crippen molar-refractivity contribution in [2.75, 3.05) is 13.7 Å². The number of benzene rings is 3. The molecule has 2 heterocycles. The molecule has 0 unspecified atom stereocenters. The minimum absolute atomic E-state index is 0.109. The molecular weight excluding hydrogens is 513 g/mol. The van der Waals surface area contributed by atoms with E-state index in [9.17, 15) is 4.79 Å². The van der Waals surface area contributed by atoms with Gasteiger partial charge in [0.05, 0.1) is 28.3 Å². The molecule has 215 valence electrons. The molecule has 1 atom stereocenters. The second-order valence-electron chi connectivity index (χ2n) is 13.0. The predicted octanol–water partition coefficient (Wildman–Crippen LogP) is 6.92. The number of H-pyrrole nitrogens is 1. The number of nitrogens with zero attached hydrogens (tertiary/aromatic N) is 2. The van der Waals surface area contributed by atoms with Crippen LogP contribution in [0.5, 0.6) is 0 Å². The third kappa shape index (κ3) is 6.14. The zero-order valence-electron chi connectivity index (χ0n) is 25.5. The molecule has 5 rings (SSSR count). The van der Waals surface area contributed by atoms with Gasteiger partial charge in [0.1, 0.15) is 11.4 Å². The Hall–Kier alpha value is -3.36. The van der Waals surface area contributed by atoms with Crippen molar-refractivity contribution in [2.45, 2.75) is 84.2 Å². The summed E-state index contributed by atoms with van der Waals surface area (Å²) < 4.78 is 17.4. The van der Waals surface area contributed by atoms with Crippen LogP contribution >= 0.6 is 0 Å². The number of aromatic nitrogens is 2. The fraction of sp³-hybridized carbons (Fsp3) is 0.455. The number of carbonyl (C=O) groups is 1. The molecule has 0 spiro atoms. The van der Waals surface area contributed by atoms with Crippen molar-refractivity contribution in [1.82, 2.24) is 14.9 Å². The van der Waals surface area contributed by atoms with E-state index in [-0.39, 0.29) is 12.1 Å². The van der Waals surface area contributed by atoms with Crippen LogP contribution in [0.25, 0.3) is 32.9 Å². The van der Waals surface area contributed by atoms with E-state index >= 15 is 0 Å². The number of likely N-dealkylation sites (tertiary alicyclic amines) is 1. The van der Waals surface area contributed by atoms with Crippen LogP contribution in [-0.4, -0.2) is 58.9 Å². The topological polar surface area (TPSA) is 76.7 Å². The molecular formula is C33H41BN3O4. The van der Waals surface area contributed by atoms with Crippen molar-refractivity contribution in [3.8, 4) is 11.1 Å². The first kappa shape index (κ1) is 29.1. The zero-order chi connectivity index (χ0) is 29.6. The number of ether oxygens (including phenoxy) is 2. The number of carbonyl (C=O) groups excluding carboxylic acids is 1. The molecule has 0 bridgehead atoms. The van der Waals surface area contributed by atoms with Gasteiger partial charge in [-0.1, -0.05) is 41.9 Å². The van der Waals surface area contributed by atoms with Gasteiger partial charge in [0.15, 0.2) is 0 Å². The molecule has 4 aromatic rings. The largest absolute Gasteiger partial charge is 0.444 e. The lowest BCUT2D eigenvalue weighted by Gasteiger charge is -2.40. The first-order valence-electron chi connectivity index (χ1n) is 14.4. The zero-order valence-corrected chi connectivity index (χ0v) is 25.5. The van der Waals surface area contributed by atoms with Gasteiger partial charge in [-0.25, -0.2) is 9.78 Å². The lowest BCUT2D eigenvalue weighted by molar-refractivity contribution is -0.114. The molecule has 1 saturated heterocycles. The summed E-state index contributed by atoms with van der Waals surface area (Å²) in [6.07, 6.45) is 1.51. The van der Waals surface area contributed by atoms with Crippen LogP contribution in [-0.2, 0) is 14.1 Å². The van der Waals surface area contributed by atoms with Crippen molar-refractivity contribution >= 4 is 40.8 Å². The van der Waals surface area contributed by atoms with E-state index < -0.39 is 16.8 Å². The predicted molar refractivity (Wildman–Crippen MR) is 166 cm³/mol. The molecule has 0 aliphatic carbocycles. The number of imidazole rings is 1. The number of hydrogen-bond donors (Lipinski definition) is 1. The molecule has 1 aliphatic rings. The van der Waals surface area contributed by atoms with Crippen molar-refractivity contribution in [2.24, 2.45) is 0 Å². The fourth-order valence-corrected chi connectivity index (χ4v) is 5.08. The molecule has 1 N–H and O–H groups in total. The Balaban J connectivity index is 1.34. The summed E-state index contributed by atoms with van der Waals surface area (Å²) in [6.45, 7) is 14.5. The second-order valence-corrected chi connectivity index (χ2v) is 13.0. The summed E-state index contributed by atoms with van der Waals surface area (Å²) in [4.78, 5) is 22.9. The highest BCUT2D eigenvalue weighted by molar-refractivity contribution is 6.47. The van der Waals surface area contributed by atoms with Gasteiger partial charge in [-0.15, -0.1) is 0 Å². The van der Waals surface area contributed by atoms with Gasteiger partial charge in [-0.2, -0.15) is 0 Å². The van der Waals surface area contributed by atoms with Gasteiger partial charge in [-0.05, 0) is 101 Å². The summed E-state index contributed by atoms with van der Waals surface area (Å²) in [5, 5.41) is 2.30. The maximum atomic E-state index is 12.8. The molecule has 1 aromatic heterocycles. The van der Waals surface area contributed by atoms with Crippen molar-refractivity contribution in [3.05, 3.63) is 60.4 Å². The highest BCUT2D eigenvalue weighted by Crippen LogP contribution is 2.34. The van der Waals surface area contributed by atoms with Gasteiger partial charge in [0, 0.05) is 13.7 Å². The van der Waals surface area contributed by atoms with E-state index in [2.05, 4.69) is 53.5 Å². The molecule has 1 aliphatic heterocycles. The average Bonchev–Trinajstić information content (AvgIpc) is 3.57. The summed E-state index contributed by atoms with van der Waals surface area (Å²) in [7, 11) is 3.52. The minimum Gasteiger partial charge on any atom is -0.444 e. The van der Waals surface area contributed by atoms with E-state index in [1.807, 2.05) is 62.0 Å². The molecule has 1 radical (unpaired) electrons. The molecule has 1 amide bonds. The minimum atomic E-state index is -0.529. The summed E-state index contributed by atoms with van der Waals surface area (Å²) in [6, 6.07) is 19.0. The Kier molecular flexibility index (Phi) is 7.68. The van der Waals surface area contributed by atoms with Crippen LogP contribution in [0.1, 0.15) is 73.2 Å². The first-order chi connectivity index (χ1) is 19.3. The molecule has 7 nitrogen and oxygen atoms in total. The van der Waals surface area contributed by atoms with Crippen molar-refractivity contribution in [3.63, 3.8) is 0 Å². The van der Waals surface area contributed by atoms with Gasteiger partial charge in [0.25, 0.3) is 0 Å². The number of methoxy groups -OCH3 is 1. The third-order valence-corrected chi connectivity index (χ3v) is 8.34. The lowest BCUT2D eigenvalue weighted by atomic mass is 9.81. The van der Waals surface area contributed by atoms with E-state index in [1.165, 1.54) is 0 Å². The summed E-state index contributed by atoms with van der Waals surface area (Å²) >= 11 is 0. The summed E-state index contributed by atoms with van der Waals surface area (Å²) in [5.74, 6) is 0.807. The number of fused-ring (bicyclic) bond motifs is 2. The average molecular weight is 555 g/mol. The van der Waals surface area contributed by atoms with Crippen LogP contribution in [0.15, 0.2) is 54.6 Å². The smallest absolute Gasteiger partial charge is 0.410 e. The fourth-order valence-electron chi connectivity index (χ4n) is 5.08. The standard InChI is InChI=1S/C33H41BN3O4/c1-31(2,3)40-30(38)37-17-9-10-28(37)29-35-26-16-14-24(20-27(26)36-29)21-11-12-23-19-25(15-13-22(23)18-21)34-41-33(6,7)32(4,5)39-8/h11-16,18-20,28H,9-10,17H2,1-8H3,(H,35,36)/t28-/m0/s1. The normalized spacial score (nSPS) is 16.5. The quantitative estimate of drug-likeness (QED) is 0.251. The Morgan fingerprint density at radius 2 is 1.61 bits per heavy atom. The van der Waals surface area contributed by atoms with Crippen LogP contribution in [0.4, 0.5) is 4.79 Å². The van der Waals surface area contributed by atoms with Crippen molar-refractivity contribution in [1.29, 1.82) is 0 Å². The number of amides is 1.